The highest BCUT2D eigenvalue weighted by Gasteiger charge is 1.94. The molecular formula is C9H19N3O. The topological polar surface area (TPSA) is 67.2 Å². The van der Waals surface area contributed by atoms with Gasteiger partial charge in [0.1, 0.15) is 0 Å². The van der Waals surface area contributed by atoms with E-state index in [2.05, 4.69) is 17.6 Å². The largest absolute Gasteiger partial charge is 0.338 e. The van der Waals surface area contributed by atoms with Crippen LogP contribution >= 0.6 is 0 Å². The first-order valence-electron chi connectivity index (χ1n) is 4.68. The first kappa shape index (κ1) is 12.0. The molecule has 0 spiro atoms. The minimum absolute atomic E-state index is 0.116. The van der Waals surface area contributed by atoms with E-state index in [4.69, 9.17) is 5.73 Å². The lowest BCUT2D eigenvalue weighted by Gasteiger charge is -2.04. The molecule has 0 radical (unpaired) electrons. The molecule has 0 atom stereocenters. The first-order chi connectivity index (χ1) is 6.31. The molecule has 0 aromatic heterocycles. The normalized spacial score (nSPS) is 10.3. The molecule has 76 valence electrons. The quantitative estimate of drug-likeness (QED) is 0.419. The van der Waals surface area contributed by atoms with Crippen molar-refractivity contribution >= 4 is 6.03 Å². The number of hydrogen-bond donors (Lipinski definition) is 3. The minimum Gasteiger partial charge on any atom is -0.338 e. The molecule has 0 aromatic carbocycles. The summed E-state index contributed by atoms with van der Waals surface area (Å²) < 4.78 is 0. The number of urea groups is 1. The van der Waals surface area contributed by atoms with E-state index in [1.807, 2.05) is 12.2 Å². The van der Waals surface area contributed by atoms with E-state index in [1.54, 1.807) is 0 Å². The molecule has 13 heavy (non-hydrogen) atoms. The number of nitrogens with two attached hydrogens (primary N) is 1. The van der Waals surface area contributed by atoms with E-state index < -0.39 is 0 Å². The van der Waals surface area contributed by atoms with Crippen LogP contribution in [-0.2, 0) is 0 Å². The van der Waals surface area contributed by atoms with Crippen molar-refractivity contribution < 1.29 is 4.79 Å². The fourth-order valence-corrected chi connectivity index (χ4v) is 0.772. The highest BCUT2D eigenvalue weighted by Crippen LogP contribution is 1.81. The van der Waals surface area contributed by atoms with E-state index >= 15 is 0 Å². The van der Waals surface area contributed by atoms with Crippen molar-refractivity contribution in [2.75, 3.05) is 19.6 Å². The number of nitrogens with one attached hydrogen (secondary N) is 2. The third-order valence-corrected chi connectivity index (χ3v) is 1.50. The Morgan fingerprint density at radius 3 is 2.77 bits per heavy atom. The molecule has 0 aliphatic heterocycles. The van der Waals surface area contributed by atoms with E-state index in [1.165, 1.54) is 0 Å². The second kappa shape index (κ2) is 9.06. The van der Waals surface area contributed by atoms with Gasteiger partial charge in [-0.2, -0.15) is 0 Å². The number of carbonyl (C=O) groups excluding carboxylic acids is 1. The summed E-state index contributed by atoms with van der Waals surface area (Å²) in [7, 11) is 0. The number of hydrogen-bond acceptors (Lipinski definition) is 2. The molecule has 0 bridgehead atoms. The molecule has 0 aliphatic carbocycles. The highest BCUT2D eigenvalue weighted by atomic mass is 16.2. The Hall–Kier alpha value is -1.03. The van der Waals surface area contributed by atoms with Crippen molar-refractivity contribution in [2.45, 2.75) is 19.8 Å². The number of unbranched alkanes of at least 4 members (excludes halogenated alkanes) is 1. The Balaban J connectivity index is 3.25. The molecule has 0 unspecified atom stereocenters. The summed E-state index contributed by atoms with van der Waals surface area (Å²) in [5.74, 6) is 0. The Kier molecular flexibility index (Phi) is 8.34. The van der Waals surface area contributed by atoms with Crippen LogP contribution in [0, 0.1) is 0 Å². The van der Waals surface area contributed by atoms with Crippen molar-refractivity contribution in [3.63, 3.8) is 0 Å². The Labute approximate surface area is 79.6 Å². The molecule has 4 heteroatoms. The van der Waals surface area contributed by atoms with Crippen LogP contribution in [0.5, 0.6) is 0 Å². The van der Waals surface area contributed by atoms with E-state index in [0.29, 0.717) is 13.1 Å². The molecule has 0 fully saturated rings. The molecule has 0 aliphatic rings. The van der Waals surface area contributed by atoms with Crippen LogP contribution in [0.15, 0.2) is 12.2 Å². The monoisotopic (exact) mass is 185 g/mol. The summed E-state index contributed by atoms with van der Waals surface area (Å²) in [6.45, 7) is 3.88. The van der Waals surface area contributed by atoms with Crippen LogP contribution in [0.25, 0.3) is 0 Å². The maximum Gasteiger partial charge on any atom is 0.315 e. The molecule has 2 amide bonds. The van der Waals surface area contributed by atoms with E-state index in [0.717, 1.165) is 19.4 Å². The van der Waals surface area contributed by atoms with Crippen LogP contribution < -0.4 is 16.4 Å². The summed E-state index contributed by atoms with van der Waals surface area (Å²) in [5, 5.41) is 5.43. The fourth-order valence-electron chi connectivity index (χ4n) is 0.772. The third kappa shape index (κ3) is 8.88. The van der Waals surface area contributed by atoms with E-state index in [9.17, 15) is 4.79 Å². The molecule has 0 aromatic rings. The van der Waals surface area contributed by atoms with E-state index in [-0.39, 0.29) is 6.03 Å². The summed E-state index contributed by atoms with van der Waals surface area (Å²) >= 11 is 0. The molecule has 4 N–H and O–H groups in total. The van der Waals surface area contributed by atoms with Gasteiger partial charge in [-0.1, -0.05) is 25.5 Å². The zero-order valence-corrected chi connectivity index (χ0v) is 8.18. The first-order valence-corrected chi connectivity index (χ1v) is 4.68. The predicted molar refractivity (Wildman–Crippen MR) is 54.5 cm³/mol. The summed E-state index contributed by atoms with van der Waals surface area (Å²) in [6.07, 6.45) is 5.76. The Bertz CT molecular complexity index is 157. The number of carbonyl (C=O) groups is 1. The fraction of sp³-hybridized carbons (Fsp3) is 0.667. The lowest BCUT2D eigenvalue weighted by Crippen LogP contribution is -2.36. The smallest absolute Gasteiger partial charge is 0.315 e. The van der Waals surface area contributed by atoms with Gasteiger partial charge in [0.2, 0.25) is 0 Å². The van der Waals surface area contributed by atoms with Gasteiger partial charge in [-0.15, -0.1) is 0 Å². The van der Waals surface area contributed by atoms with Crippen LogP contribution in [0.4, 0.5) is 4.79 Å². The van der Waals surface area contributed by atoms with Crippen LogP contribution in [0.3, 0.4) is 0 Å². The van der Waals surface area contributed by atoms with Crippen molar-refractivity contribution in [1.82, 2.24) is 10.6 Å². The summed E-state index contributed by atoms with van der Waals surface area (Å²) in [6, 6.07) is -0.116. The Morgan fingerprint density at radius 1 is 1.38 bits per heavy atom. The number of amides is 2. The highest BCUT2D eigenvalue weighted by molar-refractivity contribution is 5.73. The molecule has 0 rings (SSSR count). The minimum atomic E-state index is -0.116. The van der Waals surface area contributed by atoms with Crippen molar-refractivity contribution in [1.29, 1.82) is 0 Å². The molecule has 0 saturated heterocycles. The van der Waals surface area contributed by atoms with Gasteiger partial charge in [-0.05, 0) is 6.42 Å². The van der Waals surface area contributed by atoms with Gasteiger partial charge in [-0.25, -0.2) is 4.79 Å². The van der Waals surface area contributed by atoms with Crippen molar-refractivity contribution in [3.05, 3.63) is 12.2 Å². The lowest BCUT2D eigenvalue weighted by atomic mass is 10.3. The van der Waals surface area contributed by atoms with Gasteiger partial charge in [-0.3, -0.25) is 0 Å². The van der Waals surface area contributed by atoms with Gasteiger partial charge in [0.15, 0.2) is 0 Å². The molecule has 4 nitrogen and oxygen atoms in total. The number of rotatable bonds is 6. The Morgan fingerprint density at radius 2 is 2.15 bits per heavy atom. The van der Waals surface area contributed by atoms with Crippen molar-refractivity contribution in [2.24, 2.45) is 5.73 Å². The van der Waals surface area contributed by atoms with Gasteiger partial charge in [0, 0.05) is 19.6 Å². The van der Waals surface area contributed by atoms with Gasteiger partial charge < -0.3 is 16.4 Å². The second-order valence-electron chi connectivity index (χ2n) is 2.70. The average Bonchev–Trinajstić information content (AvgIpc) is 2.13. The molecule has 0 saturated carbocycles. The summed E-state index contributed by atoms with van der Waals surface area (Å²) in [5.41, 5.74) is 5.23. The van der Waals surface area contributed by atoms with Gasteiger partial charge in [0.25, 0.3) is 0 Å². The van der Waals surface area contributed by atoms with Gasteiger partial charge >= 0.3 is 6.03 Å². The average molecular weight is 185 g/mol. The van der Waals surface area contributed by atoms with Crippen LogP contribution in [0.1, 0.15) is 19.8 Å². The standard InChI is InChI=1S/C9H19N3O/c1-2-3-7-11-9(13)12-8-5-4-6-10/h4-5H,2-3,6-8,10H2,1H3,(H2,11,12,13)/b5-4+. The SMILES string of the molecule is CCCCNC(=O)NC/C=C/CN. The maximum absolute atomic E-state index is 11.0. The zero-order chi connectivity index (χ0) is 9.94. The maximum atomic E-state index is 11.0. The van der Waals surface area contributed by atoms with Crippen LogP contribution in [-0.4, -0.2) is 25.7 Å². The molecular weight excluding hydrogens is 166 g/mol. The third-order valence-electron chi connectivity index (χ3n) is 1.50. The van der Waals surface area contributed by atoms with Crippen LogP contribution in [0.2, 0.25) is 0 Å². The van der Waals surface area contributed by atoms with Gasteiger partial charge in [0.05, 0.1) is 0 Å². The second-order valence-corrected chi connectivity index (χ2v) is 2.70. The predicted octanol–water partition coefficient (Wildman–Crippen LogP) is 0.601. The van der Waals surface area contributed by atoms with Crippen molar-refractivity contribution in [3.8, 4) is 0 Å². The zero-order valence-electron chi connectivity index (χ0n) is 8.18. The molecule has 0 heterocycles. The summed E-state index contributed by atoms with van der Waals surface area (Å²) in [4.78, 5) is 11.0. The lowest BCUT2D eigenvalue weighted by molar-refractivity contribution is 0.242.